The fraction of sp³-hybridized carbons (Fsp3) is 0.421. The molecule has 22 heavy (non-hydrogen) atoms. The molecule has 0 bridgehead atoms. The van der Waals surface area contributed by atoms with Gasteiger partial charge in [-0.15, -0.1) is 0 Å². The number of hydrogen-bond acceptors (Lipinski definition) is 2. The molecule has 0 radical (unpaired) electrons. The van der Waals surface area contributed by atoms with Crippen molar-refractivity contribution in [1.82, 2.24) is 4.57 Å². The van der Waals surface area contributed by atoms with Crippen LogP contribution in [0.4, 0.5) is 0 Å². The molecule has 1 unspecified atom stereocenters. The van der Waals surface area contributed by atoms with E-state index in [1.807, 2.05) is 12.1 Å². The third kappa shape index (κ3) is 1.69. The zero-order valence-electron chi connectivity index (χ0n) is 13.1. The van der Waals surface area contributed by atoms with Gasteiger partial charge >= 0.3 is 0 Å². The average Bonchev–Trinajstić information content (AvgIpc) is 2.81. The number of aromatic nitrogens is 1. The summed E-state index contributed by atoms with van der Waals surface area (Å²) in [4.78, 5) is 11.8. The molecule has 0 saturated heterocycles. The summed E-state index contributed by atoms with van der Waals surface area (Å²) in [5.74, 6) is 0.275. The minimum atomic E-state index is -0.0192. The highest BCUT2D eigenvalue weighted by molar-refractivity contribution is 5.93. The highest BCUT2D eigenvalue weighted by atomic mass is 16.3. The molecule has 0 aliphatic heterocycles. The van der Waals surface area contributed by atoms with E-state index in [2.05, 4.69) is 30.7 Å². The largest absolute Gasteiger partial charge is 0.392 e. The quantitative estimate of drug-likeness (QED) is 0.878. The van der Waals surface area contributed by atoms with Crippen LogP contribution in [-0.2, 0) is 30.3 Å². The molecular formula is C19H21NO2. The smallest absolute Gasteiger partial charge is 0.155 e. The normalized spacial score (nSPS) is 24.1. The van der Waals surface area contributed by atoms with Crippen LogP contribution in [0.15, 0.2) is 29.8 Å². The molecule has 1 aromatic heterocycles. The van der Waals surface area contributed by atoms with E-state index in [0.29, 0.717) is 6.42 Å². The molecule has 2 aromatic rings. The monoisotopic (exact) mass is 295 g/mol. The Labute approximate surface area is 130 Å². The predicted octanol–water partition coefficient (Wildman–Crippen LogP) is 3.16. The molecular weight excluding hydrogens is 274 g/mol. The van der Waals surface area contributed by atoms with Gasteiger partial charge in [0.15, 0.2) is 5.78 Å². The number of allylic oxidation sites excluding steroid dienone is 2. The van der Waals surface area contributed by atoms with Crippen molar-refractivity contribution in [3.8, 4) is 0 Å². The first-order chi connectivity index (χ1) is 10.5. The van der Waals surface area contributed by atoms with Crippen LogP contribution in [0.3, 0.4) is 0 Å². The van der Waals surface area contributed by atoms with E-state index in [1.54, 1.807) is 0 Å². The lowest BCUT2D eigenvalue weighted by molar-refractivity contribution is -0.115. The van der Waals surface area contributed by atoms with Crippen molar-refractivity contribution in [1.29, 1.82) is 0 Å². The Hall–Kier alpha value is -1.87. The van der Waals surface area contributed by atoms with Crippen LogP contribution in [0.25, 0.3) is 10.9 Å². The molecule has 4 rings (SSSR count). The van der Waals surface area contributed by atoms with Gasteiger partial charge in [-0.3, -0.25) is 4.79 Å². The van der Waals surface area contributed by atoms with E-state index >= 15 is 0 Å². The average molecular weight is 295 g/mol. The number of aliphatic hydroxyl groups excluding tert-OH is 1. The van der Waals surface area contributed by atoms with Crippen molar-refractivity contribution in [3.63, 3.8) is 0 Å². The molecule has 0 amide bonds. The predicted molar refractivity (Wildman–Crippen MR) is 86.8 cm³/mol. The lowest BCUT2D eigenvalue weighted by Crippen LogP contribution is -2.35. The van der Waals surface area contributed by atoms with E-state index in [4.69, 9.17) is 0 Å². The molecule has 3 nitrogen and oxygen atoms in total. The van der Waals surface area contributed by atoms with Gasteiger partial charge in [0.25, 0.3) is 0 Å². The summed E-state index contributed by atoms with van der Waals surface area (Å²) in [6.07, 6.45) is 5.39. The number of ketones is 1. The maximum absolute atomic E-state index is 11.8. The molecule has 2 aliphatic carbocycles. The summed E-state index contributed by atoms with van der Waals surface area (Å²) in [7, 11) is 2.13. The Balaban J connectivity index is 2.02. The van der Waals surface area contributed by atoms with Crippen LogP contribution < -0.4 is 0 Å². The Morgan fingerprint density at radius 2 is 2.09 bits per heavy atom. The topological polar surface area (TPSA) is 42.2 Å². The molecule has 0 fully saturated rings. The fourth-order valence-electron chi connectivity index (χ4n) is 4.46. The van der Waals surface area contributed by atoms with Crippen LogP contribution >= 0.6 is 0 Å². The summed E-state index contributed by atoms with van der Waals surface area (Å²) in [5.41, 5.74) is 6.23. The van der Waals surface area contributed by atoms with Crippen LogP contribution in [0.1, 0.15) is 43.0 Å². The first-order valence-corrected chi connectivity index (χ1v) is 8.00. The molecule has 0 saturated carbocycles. The van der Waals surface area contributed by atoms with Gasteiger partial charge in [-0.1, -0.05) is 18.6 Å². The minimum Gasteiger partial charge on any atom is -0.392 e. The van der Waals surface area contributed by atoms with E-state index in [1.165, 1.54) is 27.7 Å². The van der Waals surface area contributed by atoms with Crippen molar-refractivity contribution in [2.75, 3.05) is 0 Å². The third-order valence-corrected chi connectivity index (χ3v) is 5.63. The number of carbonyl (C=O) groups is 1. The second-order valence-corrected chi connectivity index (χ2v) is 6.86. The zero-order chi connectivity index (χ0) is 15.5. The van der Waals surface area contributed by atoms with Gasteiger partial charge in [-0.05, 0) is 48.6 Å². The van der Waals surface area contributed by atoms with Crippen molar-refractivity contribution in [2.24, 2.45) is 7.05 Å². The molecule has 1 aromatic carbocycles. The summed E-state index contributed by atoms with van der Waals surface area (Å²) in [6, 6.07) is 6.23. The number of nitrogens with zero attached hydrogens (tertiary/aromatic N) is 1. The van der Waals surface area contributed by atoms with E-state index in [-0.39, 0.29) is 17.8 Å². The Bertz CT molecular complexity index is 828. The number of hydrogen-bond donors (Lipinski definition) is 1. The van der Waals surface area contributed by atoms with Gasteiger partial charge in [-0.2, -0.15) is 0 Å². The van der Waals surface area contributed by atoms with Gasteiger partial charge in [0.1, 0.15) is 0 Å². The number of benzene rings is 1. The molecule has 0 spiro atoms. The molecule has 1 heterocycles. The van der Waals surface area contributed by atoms with Crippen LogP contribution in [0.5, 0.6) is 0 Å². The van der Waals surface area contributed by atoms with Gasteiger partial charge < -0.3 is 9.67 Å². The van der Waals surface area contributed by atoms with Crippen molar-refractivity contribution in [2.45, 2.75) is 44.6 Å². The van der Waals surface area contributed by atoms with Crippen LogP contribution in [0, 0.1) is 0 Å². The second-order valence-electron chi connectivity index (χ2n) is 6.86. The van der Waals surface area contributed by atoms with Gasteiger partial charge in [0.05, 0.1) is 6.61 Å². The van der Waals surface area contributed by atoms with E-state index in [9.17, 15) is 9.90 Å². The molecule has 3 heteroatoms. The van der Waals surface area contributed by atoms with Crippen molar-refractivity contribution < 1.29 is 9.90 Å². The third-order valence-electron chi connectivity index (χ3n) is 5.63. The standard InChI is InChI=1S/C19H21NO2/c1-19-8-7-14(22)10-13(19)4-5-15-16-9-12(11-21)3-6-17(16)20(2)18(15)19/h3,6,9-10,21H,4-5,7-8,11H2,1-2H3. The minimum absolute atomic E-state index is 0.0192. The lowest BCUT2D eigenvalue weighted by atomic mass is 9.65. The van der Waals surface area contributed by atoms with Gasteiger partial charge in [0, 0.05) is 35.5 Å². The first kappa shape index (κ1) is 13.8. The summed E-state index contributed by atoms with van der Waals surface area (Å²) in [5, 5.41) is 10.7. The summed E-state index contributed by atoms with van der Waals surface area (Å²) < 4.78 is 2.30. The Morgan fingerprint density at radius 3 is 2.86 bits per heavy atom. The molecule has 2 aliphatic rings. The summed E-state index contributed by atoms with van der Waals surface area (Å²) in [6.45, 7) is 2.37. The number of fused-ring (bicyclic) bond motifs is 5. The maximum atomic E-state index is 11.8. The van der Waals surface area contributed by atoms with Crippen molar-refractivity contribution in [3.05, 3.63) is 46.7 Å². The molecule has 114 valence electrons. The Kier molecular flexibility index (Phi) is 2.85. The van der Waals surface area contributed by atoms with Crippen LogP contribution in [0.2, 0.25) is 0 Å². The van der Waals surface area contributed by atoms with E-state index < -0.39 is 0 Å². The number of aryl methyl sites for hydroxylation is 2. The number of rotatable bonds is 1. The molecule has 1 N–H and O–H groups in total. The van der Waals surface area contributed by atoms with Crippen LogP contribution in [-0.4, -0.2) is 15.5 Å². The SMILES string of the molecule is Cn1c2c(c3cc(CO)ccc31)CCC1=CC(=O)CCC12C. The maximum Gasteiger partial charge on any atom is 0.155 e. The highest BCUT2D eigenvalue weighted by Crippen LogP contribution is 2.49. The highest BCUT2D eigenvalue weighted by Gasteiger charge is 2.42. The second kappa shape index (κ2) is 4.56. The fourth-order valence-corrected chi connectivity index (χ4v) is 4.46. The van der Waals surface area contributed by atoms with Gasteiger partial charge in [-0.25, -0.2) is 0 Å². The van der Waals surface area contributed by atoms with Gasteiger partial charge in [0.2, 0.25) is 0 Å². The lowest BCUT2D eigenvalue weighted by Gasteiger charge is -2.40. The Morgan fingerprint density at radius 1 is 1.27 bits per heavy atom. The molecule has 1 atom stereocenters. The van der Waals surface area contributed by atoms with E-state index in [0.717, 1.165) is 24.8 Å². The van der Waals surface area contributed by atoms with Crippen molar-refractivity contribution >= 4 is 16.7 Å². The first-order valence-electron chi connectivity index (χ1n) is 8.00. The zero-order valence-corrected chi connectivity index (χ0v) is 13.1. The summed E-state index contributed by atoms with van der Waals surface area (Å²) >= 11 is 0. The number of carbonyl (C=O) groups excluding carboxylic acids is 1. The number of aliphatic hydroxyl groups is 1.